The van der Waals surface area contributed by atoms with Gasteiger partial charge in [-0.2, -0.15) is 13.2 Å². The number of alkyl halides is 3. The molecule has 2 aliphatic heterocycles. The molecule has 2 aliphatic rings. The van der Waals surface area contributed by atoms with Gasteiger partial charge in [0.25, 0.3) is 5.91 Å². The Balaban J connectivity index is 1.33. The Bertz CT molecular complexity index is 1350. The number of carbonyl (C=O) groups is 1. The molecule has 2 aromatic heterocycles. The van der Waals surface area contributed by atoms with E-state index < -0.39 is 11.7 Å². The summed E-state index contributed by atoms with van der Waals surface area (Å²) in [7, 11) is 1.51. The van der Waals surface area contributed by atoms with Crippen molar-refractivity contribution < 1.29 is 27.4 Å². The van der Waals surface area contributed by atoms with Crippen LogP contribution in [-0.4, -0.2) is 84.3 Å². The minimum Gasteiger partial charge on any atom is -0.495 e. The van der Waals surface area contributed by atoms with Crippen molar-refractivity contribution in [1.82, 2.24) is 19.8 Å². The Morgan fingerprint density at radius 1 is 1.12 bits per heavy atom. The van der Waals surface area contributed by atoms with Crippen molar-refractivity contribution in [2.75, 3.05) is 57.1 Å². The van der Waals surface area contributed by atoms with Crippen LogP contribution in [0.2, 0.25) is 0 Å². The highest BCUT2D eigenvalue weighted by molar-refractivity contribution is 5.97. The summed E-state index contributed by atoms with van der Waals surface area (Å²) in [6, 6.07) is 7.05. The third-order valence-electron chi connectivity index (χ3n) is 7.42. The van der Waals surface area contributed by atoms with Gasteiger partial charge in [0, 0.05) is 61.8 Å². The summed E-state index contributed by atoms with van der Waals surface area (Å²) in [4.78, 5) is 24.7. The molecule has 3 aromatic rings. The van der Waals surface area contributed by atoms with Crippen LogP contribution in [0.25, 0.3) is 11.0 Å². The van der Waals surface area contributed by atoms with Crippen LogP contribution in [0.5, 0.6) is 5.75 Å². The maximum absolute atomic E-state index is 13.6. The van der Waals surface area contributed by atoms with E-state index in [-0.39, 0.29) is 23.0 Å². The first-order valence-electron chi connectivity index (χ1n) is 13.6. The standard InChI is InChI=1S/C28H35F3N6O3/c1-17(2)33-22-15-24(35-26-25(22)20(16-32-26)28(29,30)31)34-21-5-4-18(14-23(21)39-3)27(38)37-8-6-19(7-9-37)36-10-12-40-13-11-36/h4-5,14-17,19H,6-13H2,1-3H3,(H3,32,33,34,35). The number of anilines is 3. The molecule has 0 radical (unpaired) electrons. The van der Waals surface area contributed by atoms with E-state index in [4.69, 9.17) is 9.47 Å². The minimum atomic E-state index is -4.52. The number of halogens is 3. The van der Waals surface area contributed by atoms with E-state index in [0.29, 0.717) is 47.6 Å². The van der Waals surface area contributed by atoms with Crippen molar-refractivity contribution in [2.45, 2.75) is 44.9 Å². The van der Waals surface area contributed by atoms with Gasteiger partial charge in [0.05, 0.1) is 37.0 Å². The Morgan fingerprint density at radius 3 is 2.50 bits per heavy atom. The van der Waals surface area contributed by atoms with Crippen LogP contribution in [0.4, 0.5) is 30.4 Å². The van der Waals surface area contributed by atoms with E-state index in [1.165, 1.54) is 7.11 Å². The summed E-state index contributed by atoms with van der Waals surface area (Å²) in [5.41, 5.74) is 0.681. The monoisotopic (exact) mass is 560 g/mol. The Hall–Kier alpha value is -3.51. The number of fused-ring (bicyclic) bond motifs is 1. The molecule has 0 unspecified atom stereocenters. The van der Waals surface area contributed by atoms with Crippen LogP contribution < -0.4 is 15.4 Å². The highest BCUT2D eigenvalue weighted by Gasteiger charge is 2.35. The Kier molecular flexibility index (Phi) is 8.09. The van der Waals surface area contributed by atoms with Crippen LogP contribution in [0.3, 0.4) is 0 Å². The lowest BCUT2D eigenvalue weighted by atomic mass is 10.0. The summed E-state index contributed by atoms with van der Waals surface area (Å²) in [5.74, 6) is 0.699. The molecule has 1 aromatic carbocycles. The number of nitrogens with zero attached hydrogens (tertiary/aromatic N) is 3. The number of aromatic nitrogens is 2. The zero-order chi connectivity index (χ0) is 28.4. The van der Waals surface area contributed by atoms with Gasteiger partial charge < -0.3 is 30.0 Å². The Labute approximate surface area is 231 Å². The number of carbonyl (C=O) groups excluding carboxylic acids is 1. The largest absolute Gasteiger partial charge is 0.495 e. The molecule has 0 spiro atoms. The quantitative estimate of drug-likeness (QED) is 0.371. The molecule has 3 N–H and O–H groups in total. The van der Waals surface area contributed by atoms with Crippen LogP contribution in [-0.2, 0) is 10.9 Å². The van der Waals surface area contributed by atoms with Crippen LogP contribution in [0.15, 0.2) is 30.5 Å². The van der Waals surface area contributed by atoms with Crippen LogP contribution in [0, 0.1) is 0 Å². The molecule has 12 heteroatoms. The molecule has 1 amide bonds. The molecule has 0 aliphatic carbocycles. The van der Waals surface area contributed by atoms with E-state index in [2.05, 4.69) is 25.5 Å². The first-order chi connectivity index (χ1) is 19.1. The Morgan fingerprint density at radius 2 is 1.85 bits per heavy atom. The van der Waals surface area contributed by atoms with Gasteiger partial charge in [0.1, 0.15) is 17.2 Å². The molecule has 40 heavy (non-hydrogen) atoms. The number of ether oxygens (including phenoxy) is 2. The average Bonchev–Trinajstić information content (AvgIpc) is 3.38. The zero-order valence-electron chi connectivity index (χ0n) is 22.9. The highest BCUT2D eigenvalue weighted by Crippen LogP contribution is 2.39. The first kappa shape index (κ1) is 28.0. The van der Waals surface area contributed by atoms with Gasteiger partial charge in [-0.05, 0) is 44.9 Å². The lowest BCUT2D eigenvalue weighted by Gasteiger charge is -2.40. The van der Waals surface area contributed by atoms with Crippen LogP contribution in [0.1, 0.15) is 42.6 Å². The second-order valence-electron chi connectivity index (χ2n) is 10.5. The van der Waals surface area contributed by atoms with Gasteiger partial charge in [-0.25, -0.2) is 4.98 Å². The highest BCUT2D eigenvalue weighted by atomic mass is 19.4. The molecule has 2 saturated heterocycles. The molecule has 9 nitrogen and oxygen atoms in total. The molecule has 5 rings (SSSR count). The van der Waals surface area contributed by atoms with Crippen molar-refractivity contribution in [3.63, 3.8) is 0 Å². The zero-order valence-corrected chi connectivity index (χ0v) is 22.9. The lowest BCUT2D eigenvalue weighted by molar-refractivity contribution is -0.136. The van der Waals surface area contributed by atoms with Crippen molar-refractivity contribution >= 4 is 34.1 Å². The van der Waals surface area contributed by atoms with Gasteiger partial charge in [-0.1, -0.05) is 0 Å². The van der Waals surface area contributed by atoms with Gasteiger partial charge in [0.15, 0.2) is 0 Å². The number of rotatable bonds is 7. The molecule has 4 heterocycles. The fraction of sp³-hybridized carbons (Fsp3) is 0.500. The van der Waals surface area contributed by atoms with Gasteiger partial charge in [-0.15, -0.1) is 0 Å². The van der Waals surface area contributed by atoms with E-state index in [9.17, 15) is 18.0 Å². The molecular formula is C28H35F3N6O3. The van der Waals surface area contributed by atoms with Crippen molar-refractivity contribution in [3.05, 3.63) is 41.6 Å². The van der Waals surface area contributed by atoms with Crippen molar-refractivity contribution in [2.24, 2.45) is 0 Å². The normalized spacial score (nSPS) is 17.4. The maximum atomic E-state index is 13.6. The number of piperidine rings is 1. The second kappa shape index (κ2) is 11.5. The van der Waals surface area contributed by atoms with Gasteiger partial charge in [0.2, 0.25) is 0 Å². The number of morpholine rings is 1. The third-order valence-corrected chi connectivity index (χ3v) is 7.42. The predicted molar refractivity (Wildman–Crippen MR) is 147 cm³/mol. The van der Waals surface area contributed by atoms with Crippen molar-refractivity contribution in [3.8, 4) is 5.75 Å². The summed E-state index contributed by atoms with van der Waals surface area (Å²) >= 11 is 0. The number of aromatic amines is 1. The smallest absolute Gasteiger partial charge is 0.418 e. The first-order valence-corrected chi connectivity index (χ1v) is 13.6. The van der Waals surface area contributed by atoms with Gasteiger partial charge >= 0.3 is 6.18 Å². The number of H-pyrrole nitrogens is 1. The lowest BCUT2D eigenvalue weighted by Crippen LogP contribution is -2.50. The van der Waals surface area contributed by atoms with E-state index >= 15 is 0 Å². The fourth-order valence-electron chi connectivity index (χ4n) is 5.47. The van der Waals surface area contributed by atoms with E-state index in [1.807, 2.05) is 18.7 Å². The molecular weight excluding hydrogens is 525 g/mol. The fourth-order valence-corrected chi connectivity index (χ4v) is 5.47. The SMILES string of the molecule is COc1cc(C(=O)N2CCC(N3CCOCC3)CC2)ccc1Nc1cc(NC(C)C)c2c(C(F)(F)F)c[nH]c2n1. The average molecular weight is 561 g/mol. The second-order valence-corrected chi connectivity index (χ2v) is 10.5. The van der Waals surface area contributed by atoms with Crippen LogP contribution >= 0.6 is 0 Å². The number of likely N-dealkylation sites (tertiary alicyclic amines) is 1. The minimum absolute atomic E-state index is 0.0166. The van der Waals surface area contributed by atoms with Gasteiger partial charge in [-0.3, -0.25) is 9.69 Å². The van der Waals surface area contributed by atoms with Crippen molar-refractivity contribution in [1.29, 1.82) is 0 Å². The topological polar surface area (TPSA) is 94.8 Å². The molecule has 216 valence electrons. The van der Waals surface area contributed by atoms with E-state index in [0.717, 1.165) is 45.3 Å². The van der Waals surface area contributed by atoms with E-state index in [1.54, 1.807) is 24.3 Å². The summed E-state index contributed by atoms with van der Waals surface area (Å²) in [6.45, 7) is 8.48. The predicted octanol–water partition coefficient (Wildman–Crippen LogP) is 5.09. The number of benzene rings is 1. The molecule has 0 saturated carbocycles. The summed E-state index contributed by atoms with van der Waals surface area (Å²) < 4.78 is 51.9. The third kappa shape index (κ3) is 5.97. The number of hydrogen-bond acceptors (Lipinski definition) is 7. The number of amides is 1. The number of pyridine rings is 1. The molecule has 0 atom stereocenters. The summed E-state index contributed by atoms with van der Waals surface area (Å²) in [5, 5.41) is 6.23. The number of methoxy groups -OCH3 is 1. The molecule has 0 bridgehead atoms. The number of hydrogen-bond donors (Lipinski definition) is 3. The number of nitrogens with one attached hydrogen (secondary N) is 3. The molecule has 2 fully saturated rings. The summed E-state index contributed by atoms with van der Waals surface area (Å²) in [6.07, 6.45) is -1.74. The maximum Gasteiger partial charge on any atom is 0.418 e.